The number of carboxylic acids is 1. The minimum absolute atomic E-state index is 0.0492. The van der Waals surface area contributed by atoms with Gasteiger partial charge < -0.3 is 9.84 Å². The van der Waals surface area contributed by atoms with Gasteiger partial charge in [-0.25, -0.2) is 4.79 Å². The van der Waals surface area contributed by atoms with E-state index in [1.54, 1.807) is 13.8 Å². The number of carbonyl (C=O) groups excluding carboxylic acids is 2. The van der Waals surface area contributed by atoms with Gasteiger partial charge in [0.05, 0.1) is 15.0 Å². The number of amides is 2. The van der Waals surface area contributed by atoms with Crippen molar-refractivity contribution in [2.45, 2.75) is 19.9 Å². The van der Waals surface area contributed by atoms with Crippen molar-refractivity contribution < 1.29 is 24.2 Å². The SMILES string of the molecule is CC(C)N1C(=O)S/C(=C/c2cc(Cl)c(OCC(=O)O)c(Cl)c2)C1=O. The molecule has 9 heteroatoms. The van der Waals surface area contributed by atoms with E-state index in [0.29, 0.717) is 5.56 Å². The third kappa shape index (κ3) is 4.03. The summed E-state index contributed by atoms with van der Waals surface area (Å²) in [6.07, 6.45) is 1.51. The summed E-state index contributed by atoms with van der Waals surface area (Å²) in [6.45, 7) is 2.93. The average Bonchev–Trinajstić information content (AvgIpc) is 2.72. The molecule has 0 spiro atoms. The van der Waals surface area contributed by atoms with Crippen LogP contribution in [0.15, 0.2) is 17.0 Å². The lowest BCUT2D eigenvalue weighted by molar-refractivity contribution is -0.139. The van der Waals surface area contributed by atoms with Gasteiger partial charge in [-0.1, -0.05) is 23.2 Å². The van der Waals surface area contributed by atoms with Crippen LogP contribution in [0.4, 0.5) is 4.79 Å². The molecule has 0 atom stereocenters. The largest absolute Gasteiger partial charge is 0.479 e. The molecule has 0 radical (unpaired) electrons. The van der Waals surface area contributed by atoms with Crippen LogP contribution in [-0.2, 0) is 9.59 Å². The van der Waals surface area contributed by atoms with Crippen LogP contribution in [0, 0.1) is 0 Å². The molecule has 128 valence electrons. The van der Waals surface area contributed by atoms with E-state index in [1.807, 2.05) is 0 Å². The minimum atomic E-state index is -1.16. The Balaban J connectivity index is 2.29. The first-order valence-corrected chi connectivity index (χ1v) is 8.38. The molecule has 0 bridgehead atoms. The van der Waals surface area contributed by atoms with E-state index in [0.717, 1.165) is 11.8 Å². The molecule has 1 aromatic rings. The number of halogens is 2. The number of imide groups is 1. The van der Waals surface area contributed by atoms with Crippen molar-refractivity contribution in [1.29, 1.82) is 0 Å². The van der Waals surface area contributed by atoms with E-state index in [9.17, 15) is 14.4 Å². The molecule has 24 heavy (non-hydrogen) atoms. The van der Waals surface area contributed by atoms with E-state index in [1.165, 1.54) is 23.1 Å². The quantitative estimate of drug-likeness (QED) is 0.768. The van der Waals surface area contributed by atoms with Crippen LogP contribution in [0.2, 0.25) is 10.0 Å². The van der Waals surface area contributed by atoms with Crippen LogP contribution >= 0.6 is 35.0 Å². The predicted octanol–water partition coefficient (Wildman–Crippen LogP) is 3.90. The molecule has 1 fully saturated rings. The zero-order chi connectivity index (χ0) is 18.0. The third-order valence-electron chi connectivity index (χ3n) is 3.00. The van der Waals surface area contributed by atoms with Crippen LogP contribution in [0.25, 0.3) is 6.08 Å². The van der Waals surface area contributed by atoms with E-state index in [4.69, 9.17) is 33.0 Å². The second-order valence-corrected chi connectivity index (χ2v) is 6.95. The van der Waals surface area contributed by atoms with Gasteiger partial charge in [0.15, 0.2) is 12.4 Å². The van der Waals surface area contributed by atoms with Crippen LogP contribution < -0.4 is 4.74 Å². The summed E-state index contributed by atoms with van der Waals surface area (Å²) >= 11 is 12.9. The first-order chi connectivity index (χ1) is 11.2. The number of aliphatic carboxylic acids is 1. The molecule has 1 heterocycles. The van der Waals surface area contributed by atoms with Gasteiger partial charge in [0, 0.05) is 6.04 Å². The topological polar surface area (TPSA) is 83.9 Å². The Kier molecular flexibility index (Phi) is 5.79. The summed E-state index contributed by atoms with van der Waals surface area (Å²) in [4.78, 5) is 36.1. The number of hydrogen-bond donors (Lipinski definition) is 1. The fraction of sp³-hybridized carbons (Fsp3) is 0.267. The highest BCUT2D eigenvalue weighted by Crippen LogP contribution is 2.37. The number of thioether (sulfide) groups is 1. The molecular weight excluding hydrogens is 377 g/mol. The smallest absolute Gasteiger partial charge is 0.341 e. The van der Waals surface area contributed by atoms with Gasteiger partial charge in [0.25, 0.3) is 11.1 Å². The molecule has 2 amide bonds. The third-order valence-corrected chi connectivity index (χ3v) is 4.44. The highest BCUT2D eigenvalue weighted by molar-refractivity contribution is 8.18. The number of benzene rings is 1. The van der Waals surface area contributed by atoms with Crippen LogP contribution in [0.1, 0.15) is 19.4 Å². The summed E-state index contributed by atoms with van der Waals surface area (Å²) in [5.74, 6) is -1.49. The lowest BCUT2D eigenvalue weighted by Gasteiger charge is -2.16. The highest BCUT2D eigenvalue weighted by Gasteiger charge is 2.36. The van der Waals surface area contributed by atoms with Gasteiger partial charge in [-0.05, 0) is 49.4 Å². The lowest BCUT2D eigenvalue weighted by atomic mass is 10.2. The standard InChI is InChI=1S/C15H13Cl2NO5S/c1-7(2)18-14(21)11(24-15(18)22)5-8-3-9(16)13(10(17)4-8)23-6-12(19)20/h3-5,7H,6H2,1-2H3,(H,19,20)/b11-5+. The Bertz CT molecular complexity index is 724. The number of carbonyl (C=O) groups is 3. The lowest BCUT2D eigenvalue weighted by Crippen LogP contribution is -2.34. The van der Waals surface area contributed by atoms with Gasteiger partial charge in [0.2, 0.25) is 0 Å². The predicted molar refractivity (Wildman–Crippen MR) is 92.5 cm³/mol. The molecule has 1 aliphatic heterocycles. The van der Waals surface area contributed by atoms with E-state index < -0.39 is 12.6 Å². The van der Waals surface area contributed by atoms with Gasteiger partial charge in [-0.3, -0.25) is 14.5 Å². The summed E-state index contributed by atoms with van der Waals surface area (Å²) in [7, 11) is 0. The maximum Gasteiger partial charge on any atom is 0.341 e. The van der Waals surface area contributed by atoms with E-state index in [2.05, 4.69) is 0 Å². The Labute approximate surface area is 152 Å². The molecule has 0 aliphatic carbocycles. The molecule has 0 unspecified atom stereocenters. The van der Waals surface area contributed by atoms with Crippen molar-refractivity contribution in [1.82, 2.24) is 4.90 Å². The minimum Gasteiger partial charge on any atom is -0.479 e. The van der Waals surface area contributed by atoms with Crippen LogP contribution in [-0.4, -0.2) is 39.8 Å². The van der Waals surface area contributed by atoms with Crippen molar-refractivity contribution >= 4 is 58.2 Å². The number of ether oxygens (including phenoxy) is 1. The second kappa shape index (κ2) is 7.46. The van der Waals surface area contributed by atoms with E-state index in [-0.39, 0.29) is 37.9 Å². The molecule has 1 N–H and O–H groups in total. The molecule has 1 aliphatic rings. The van der Waals surface area contributed by atoms with Gasteiger partial charge in [-0.2, -0.15) is 0 Å². The summed E-state index contributed by atoms with van der Waals surface area (Å²) < 4.78 is 5.02. The van der Waals surface area contributed by atoms with Crippen molar-refractivity contribution in [2.24, 2.45) is 0 Å². The number of carboxylic acid groups (broad SMARTS) is 1. The van der Waals surface area contributed by atoms with Crippen molar-refractivity contribution in [3.05, 3.63) is 32.6 Å². The normalized spacial score (nSPS) is 16.4. The highest BCUT2D eigenvalue weighted by atomic mass is 35.5. The average molecular weight is 390 g/mol. The maximum atomic E-state index is 12.2. The molecule has 6 nitrogen and oxygen atoms in total. The molecule has 2 rings (SSSR count). The number of nitrogens with zero attached hydrogens (tertiary/aromatic N) is 1. The first-order valence-electron chi connectivity index (χ1n) is 6.81. The zero-order valence-corrected chi connectivity index (χ0v) is 15.0. The molecule has 0 aromatic heterocycles. The molecular formula is C15H13Cl2NO5S. The Morgan fingerprint density at radius 2 is 1.92 bits per heavy atom. The van der Waals surface area contributed by atoms with Gasteiger partial charge in [-0.15, -0.1) is 0 Å². The summed E-state index contributed by atoms with van der Waals surface area (Å²) in [6, 6.07) is 2.73. The fourth-order valence-electron chi connectivity index (χ4n) is 2.01. The van der Waals surface area contributed by atoms with Crippen LogP contribution in [0.5, 0.6) is 5.75 Å². The summed E-state index contributed by atoms with van der Waals surface area (Å²) in [5, 5.41) is 8.51. The number of rotatable bonds is 5. The second-order valence-electron chi connectivity index (χ2n) is 5.14. The van der Waals surface area contributed by atoms with Crippen molar-refractivity contribution in [3.63, 3.8) is 0 Å². The zero-order valence-electron chi connectivity index (χ0n) is 12.7. The molecule has 1 saturated heterocycles. The van der Waals surface area contributed by atoms with Crippen molar-refractivity contribution in [2.75, 3.05) is 6.61 Å². The van der Waals surface area contributed by atoms with E-state index >= 15 is 0 Å². The Morgan fingerprint density at radius 3 is 2.38 bits per heavy atom. The van der Waals surface area contributed by atoms with Crippen molar-refractivity contribution in [3.8, 4) is 5.75 Å². The summed E-state index contributed by atoms with van der Waals surface area (Å²) in [5.41, 5.74) is 0.502. The molecule has 0 saturated carbocycles. The first kappa shape index (κ1) is 18.6. The van der Waals surface area contributed by atoms with Gasteiger partial charge in [0.1, 0.15) is 0 Å². The Hall–Kier alpha value is -1.70. The molecule has 1 aromatic carbocycles. The Morgan fingerprint density at radius 1 is 1.33 bits per heavy atom. The maximum absolute atomic E-state index is 12.2. The van der Waals surface area contributed by atoms with Gasteiger partial charge >= 0.3 is 5.97 Å². The monoisotopic (exact) mass is 389 g/mol. The number of hydrogen-bond acceptors (Lipinski definition) is 5. The fourth-order valence-corrected chi connectivity index (χ4v) is 3.58. The van der Waals surface area contributed by atoms with Crippen LogP contribution in [0.3, 0.4) is 0 Å².